The Bertz CT molecular complexity index is 1020. The van der Waals surface area contributed by atoms with Crippen LogP contribution in [0.4, 0.5) is 5.69 Å². The molecule has 7 heteroatoms. The zero-order valence-electron chi connectivity index (χ0n) is 16.3. The van der Waals surface area contributed by atoms with Crippen molar-refractivity contribution in [3.63, 3.8) is 0 Å². The molecule has 0 fully saturated rings. The molecule has 1 amide bonds. The highest BCUT2D eigenvalue weighted by Crippen LogP contribution is 2.23. The van der Waals surface area contributed by atoms with Crippen LogP contribution in [0.25, 0.3) is 0 Å². The molecule has 0 radical (unpaired) electrons. The van der Waals surface area contributed by atoms with Gasteiger partial charge in [-0.05, 0) is 55.0 Å². The van der Waals surface area contributed by atoms with Gasteiger partial charge in [0, 0.05) is 20.7 Å². The Morgan fingerprint density at radius 1 is 1.10 bits per heavy atom. The van der Waals surface area contributed by atoms with E-state index in [0.717, 1.165) is 15.6 Å². The molecule has 1 N–H and O–H groups in total. The Balaban J connectivity index is 1.55. The number of nitrogens with one attached hydrogen (secondary N) is 1. The fourth-order valence-corrected chi connectivity index (χ4v) is 3.02. The molecular formula is C23H20BrClN2O3. The van der Waals surface area contributed by atoms with Crippen molar-refractivity contribution in [2.24, 2.45) is 5.16 Å². The summed E-state index contributed by atoms with van der Waals surface area (Å²) in [4.78, 5) is 17.1. The maximum absolute atomic E-state index is 11.9. The van der Waals surface area contributed by atoms with Crippen LogP contribution in [0.1, 0.15) is 16.7 Å². The van der Waals surface area contributed by atoms with Gasteiger partial charge in [-0.25, -0.2) is 0 Å². The van der Waals surface area contributed by atoms with Gasteiger partial charge in [0.1, 0.15) is 12.4 Å². The zero-order valence-corrected chi connectivity index (χ0v) is 18.6. The second-order valence-corrected chi connectivity index (χ2v) is 7.87. The van der Waals surface area contributed by atoms with Gasteiger partial charge in [-0.2, -0.15) is 0 Å². The number of hydrogen-bond donors (Lipinski definition) is 1. The van der Waals surface area contributed by atoms with Crippen LogP contribution in [0.3, 0.4) is 0 Å². The third kappa shape index (κ3) is 6.90. The maximum Gasteiger partial charge on any atom is 0.265 e. The van der Waals surface area contributed by atoms with E-state index in [1.807, 2.05) is 49.4 Å². The maximum atomic E-state index is 11.9. The number of carbonyl (C=O) groups is 1. The molecule has 3 aromatic rings. The summed E-state index contributed by atoms with van der Waals surface area (Å²) >= 11 is 9.27. The first-order chi connectivity index (χ1) is 14.5. The molecule has 0 spiro atoms. The predicted molar refractivity (Wildman–Crippen MR) is 123 cm³/mol. The number of ether oxygens (including phenoxy) is 1. The Morgan fingerprint density at radius 3 is 2.57 bits per heavy atom. The van der Waals surface area contributed by atoms with Crippen molar-refractivity contribution in [3.05, 3.63) is 92.9 Å². The van der Waals surface area contributed by atoms with E-state index in [4.69, 9.17) is 21.2 Å². The number of aryl methyl sites for hydroxylation is 1. The number of halogens is 2. The van der Waals surface area contributed by atoms with Crippen LogP contribution in [-0.4, -0.2) is 18.7 Å². The average Bonchev–Trinajstić information content (AvgIpc) is 2.73. The predicted octanol–water partition coefficient (Wildman–Crippen LogP) is 5.98. The molecule has 3 rings (SSSR count). The molecule has 154 valence electrons. The van der Waals surface area contributed by atoms with Gasteiger partial charge in [-0.3, -0.25) is 4.79 Å². The van der Waals surface area contributed by atoms with E-state index < -0.39 is 0 Å². The number of benzene rings is 3. The standard InChI is InChI=1S/C23H20BrClN2O3/c1-16-2-4-17(5-3-16)14-29-22-11-6-19(24)12-18(22)13-26-30-15-23(28)27-21-9-7-20(25)8-10-21/h2-13H,14-15H2,1H3,(H,27,28)/b26-13+. The highest BCUT2D eigenvalue weighted by molar-refractivity contribution is 9.10. The van der Waals surface area contributed by atoms with Crippen molar-refractivity contribution < 1.29 is 14.4 Å². The number of carbonyl (C=O) groups excluding carboxylic acids is 1. The van der Waals surface area contributed by atoms with E-state index in [-0.39, 0.29) is 12.5 Å². The summed E-state index contributed by atoms with van der Waals surface area (Å²) in [5.41, 5.74) is 3.64. The molecule has 5 nitrogen and oxygen atoms in total. The van der Waals surface area contributed by atoms with Gasteiger partial charge >= 0.3 is 0 Å². The van der Waals surface area contributed by atoms with E-state index in [1.54, 1.807) is 24.3 Å². The van der Waals surface area contributed by atoms with Crippen LogP contribution >= 0.6 is 27.5 Å². The largest absolute Gasteiger partial charge is 0.488 e. The second-order valence-electron chi connectivity index (χ2n) is 6.52. The molecule has 0 heterocycles. The number of nitrogens with zero attached hydrogens (tertiary/aromatic N) is 1. The molecule has 0 aliphatic carbocycles. The SMILES string of the molecule is Cc1ccc(COc2ccc(Br)cc2/C=N/OCC(=O)Nc2ccc(Cl)cc2)cc1. The molecule has 3 aromatic carbocycles. The Kier molecular flexibility index (Phi) is 7.88. The molecule has 0 atom stereocenters. The molecule has 0 aliphatic rings. The Labute approximate surface area is 188 Å². The monoisotopic (exact) mass is 486 g/mol. The van der Waals surface area contributed by atoms with Crippen molar-refractivity contribution in [2.45, 2.75) is 13.5 Å². The lowest BCUT2D eigenvalue weighted by molar-refractivity contribution is -0.120. The molecule has 0 aromatic heterocycles. The fraction of sp³-hybridized carbons (Fsp3) is 0.130. The van der Waals surface area contributed by atoms with Crippen LogP contribution in [0.2, 0.25) is 5.02 Å². The van der Waals surface area contributed by atoms with Gasteiger partial charge in [0.2, 0.25) is 0 Å². The molecule has 0 saturated carbocycles. The molecule has 0 bridgehead atoms. The van der Waals surface area contributed by atoms with Gasteiger partial charge in [-0.1, -0.05) is 62.5 Å². The highest BCUT2D eigenvalue weighted by atomic mass is 79.9. The van der Waals surface area contributed by atoms with Crippen molar-refractivity contribution in [1.82, 2.24) is 0 Å². The first-order valence-corrected chi connectivity index (χ1v) is 10.4. The van der Waals surface area contributed by atoms with Gasteiger partial charge in [0.25, 0.3) is 5.91 Å². The number of amides is 1. The minimum absolute atomic E-state index is 0.216. The van der Waals surface area contributed by atoms with Crippen LogP contribution < -0.4 is 10.1 Å². The Morgan fingerprint density at radius 2 is 1.83 bits per heavy atom. The summed E-state index contributed by atoms with van der Waals surface area (Å²) in [5.74, 6) is 0.344. The fourth-order valence-electron chi connectivity index (χ4n) is 2.52. The number of rotatable bonds is 8. The van der Waals surface area contributed by atoms with Gasteiger partial charge in [-0.15, -0.1) is 0 Å². The molecule has 0 saturated heterocycles. The van der Waals surface area contributed by atoms with Crippen LogP contribution in [0, 0.1) is 6.92 Å². The minimum atomic E-state index is -0.320. The third-order valence-corrected chi connectivity index (χ3v) is 4.82. The van der Waals surface area contributed by atoms with Crippen LogP contribution in [0.5, 0.6) is 5.75 Å². The normalized spacial score (nSPS) is 10.8. The first kappa shape index (κ1) is 21.9. The van der Waals surface area contributed by atoms with Crippen molar-refractivity contribution in [3.8, 4) is 5.75 Å². The van der Waals surface area contributed by atoms with E-state index >= 15 is 0 Å². The minimum Gasteiger partial charge on any atom is -0.488 e. The molecule has 0 aliphatic heterocycles. The van der Waals surface area contributed by atoms with Crippen molar-refractivity contribution in [1.29, 1.82) is 0 Å². The average molecular weight is 488 g/mol. The lowest BCUT2D eigenvalue weighted by atomic mass is 10.1. The van der Waals surface area contributed by atoms with Gasteiger partial charge < -0.3 is 14.9 Å². The molecule has 0 unspecified atom stereocenters. The van der Waals surface area contributed by atoms with Crippen molar-refractivity contribution >= 4 is 45.3 Å². The number of anilines is 1. The first-order valence-electron chi connectivity index (χ1n) is 9.18. The summed E-state index contributed by atoms with van der Waals surface area (Å²) in [7, 11) is 0. The van der Waals surface area contributed by atoms with Gasteiger partial charge in [0.05, 0.1) is 6.21 Å². The summed E-state index contributed by atoms with van der Waals surface area (Å²) in [5, 5.41) is 7.20. The molecular weight excluding hydrogens is 468 g/mol. The summed E-state index contributed by atoms with van der Waals surface area (Å²) in [6.07, 6.45) is 1.52. The highest BCUT2D eigenvalue weighted by Gasteiger charge is 2.05. The number of oxime groups is 1. The topological polar surface area (TPSA) is 59.9 Å². The van der Waals surface area contributed by atoms with E-state index in [2.05, 4.69) is 26.4 Å². The third-order valence-electron chi connectivity index (χ3n) is 4.08. The zero-order chi connectivity index (χ0) is 21.3. The second kappa shape index (κ2) is 10.8. The lowest BCUT2D eigenvalue weighted by Crippen LogP contribution is -2.16. The molecule has 30 heavy (non-hydrogen) atoms. The van der Waals surface area contributed by atoms with E-state index in [1.165, 1.54) is 11.8 Å². The van der Waals surface area contributed by atoms with E-state index in [0.29, 0.717) is 23.1 Å². The van der Waals surface area contributed by atoms with Gasteiger partial charge in [0.15, 0.2) is 6.61 Å². The smallest absolute Gasteiger partial charge is 0.265 e. The summed E-state index contributed by atoms with van der Waals surface area (Å²) in [6.45, 7) is 2.27. The van der Waals surface area contributed by atoms with Crippen LogP contribution in [0.15, 0.2) is 76.4 Å². The summed E-state index contributed by atoms with van der Waals surface area (Å²) < 4.78 is 6.81. The lowest BCUT2D eigenvalue weighted by Gasteiger charge is -2.10. The Hall–Kier alpha value is -2.83. The number of hydrogen-bond acceptors (Lipinski definition) is 4. The van der Waals surface area contributed by atoms with E-state index in [9.17, 15) is 4.79 Å². The quantitative estimate of drug-likeness (QED) is 0.314. The van der Waals surface area contributed by atoms with Crippen LogP contribution in [-0.2, 0) is 16.2 Å². The van der Waals surface area contributed by atoms with Crippen molar-refractivity contribution in [2.75, 3.05) is 11.9 Å². The summed E-state index contributed by atoms with van der Waals surface area (Å²) in [6, 6.07) is 20.6.